The molecule has 4 rings (SSSR count). The van der Waals surface area contributed by atoms with Crippen LogP contribution in [0.1, 0.15) is 22.6 Å². The summed E-state index contributed by atoms with van der Waals surface area (Å²) in [5.41, 5.74) is 2.78. The number of hydrogen-bond acceptors (Lipinski definition) is 4. The summed E-state index contributed by atoms with van der Waals surface area (Å²) in [6, 6.07) is 16.9. The summed E-state index contributed by atoms with van der Waals surface area (Å²) in [5.74, 6) is 5.88. The summed E-state index contributed by atoms with van der Waals surface area (Å²) in [6.45, 7) is -0.0603. The Morgan fingerprint density at radius 1 is 1.03 bits per heavy atom. The summed E-state index contributed by atoms with van der Waals surface area (Å²) in [5, 5.41) is 9.82. The molecule has 0 spiro atoms. The number of sulfonamides is 1. The second-order valence-corrected chi connectivity index (χ2v) is 9.42. The van der Waals surface area contributed by atoms with Crippen molar-refractivity contribution in [1.29, 1.82) is 0 Å². The number of nitrogens with zero attached hydrogens (tertiary/aromatic N) is 2. The SMILES string of the molecule is CS(=O)(=O)N1CC(=O)N2[C@H](CO)[C@H](c3ccc(C#Cc4ccccc4)cc3)[C@@H]2C1. The minimum Gasteiger partial charge on any atom is -0.394 e. The molecule has 3 atom stereocenters. The molecule has 0 saturated carbocycles. The molecule has 7 heteroatoms. The Labute approximate surface area is 170 Å². The number of piperazine rings is 1. The van der Waals surface area contributed by atoms with Gasteiger partial charge in [-0.2, -0.15) is 4.31 Å². The molecule has 2 aromatic rings. The molecule has 29 heavy (non-hydrogen) atoms. The van der Waals surface area contributed by atoms with E-state index in [2.05, 4.69) is 11.8 Å². The number of carbonyl (C=O) groups is 1. The van der Waals surface area contributed by atoms with Crippen LogP contribution in [0.5, 0.6) is 0 Å². The van der Waals surface area contributed by atoms with E-state index >= 15 is 0 Å². The average Bonchev–Trinajstić information content (AvgIpc) is 2.69. The number of amides is 1. The van der Waals surface area contributed by atoms with Crippen LogP contribution in [0.25, 0.3) is 0 Å². The van der Waals surface area contributed by atoms with E-state index in [1.165, 1.54) is 4.31 Å². The number of aliphatic hydroxyl groups excluding tert-OH is 1. The minimum atomic E-state index is -3.45. The van der Waals surface area contributed by atoms with E-state index in [9.17, 15) is 18.3 Å². The van der Waals surface area contributed by atoms with Gasteiger partial charge >= 0.3 is 0 Å². The number of benzene rings is 2. The van der Waals surface area contributed by atoms with Crippen LogP contribution in [-0.4, -0.2) is 66.7 Å². The van der Waals surface area contributed by atoms with Crippen molar-refractivity contribution < 1.29 is 18.3 Å². The summed E-state index contributed by atoms with van der Waals surface area (Å²) in [4.78, 5) is 14.1. The van der Waals surface area contributed by atoms with Crippen molar-refractivity contribution in [3.8, 4) is 11.8 Å². The van der Waals surface area contributed by atoms with Gasteiger partial charge in [0.05, 0.1) is 31.5 Å². The topological polar surface area (TPSA) is 77.9 Å². The zero-order chi connectivity index (χ0) is 20.6. The number of aliphatic hydroxyl groups is 1. The van der Waals surface area contributed by atoms with Crippen LogP contribution in [0, 0.1) is 11.8 Å². The highest BCUT2D eigenvalue weighted by molar-refractivity contribution is 7.88. The molecule has 1 amide bonds. The van der Waals surface area contributed by atoms with Crippen molar-refractivity contribution in [2.75, 3.05) is 26.0 Å². The molecule has 0 aromatic heterocycles. The predicted molar refractivity (Wildman–Crippen MR) is 110 cm³/mol. The van der Waals surface area contributed by atoms with Gasteiger partial charge in [-0.15, -0.1) is 0 Å². The Kier molecular flexibility index (Phi) is 5.17. The first-order valence-electron chi connectivity index (χ1n) is 9.42. The third kappa shape index (κ3) is 3.79. The van der Waals surface area contributed by atoms with E-state index in [1.54, 1.807) is 4.90 Å². The molecule has 150 valence electrons. The molecule has 0 unspecified atom stereocenters. The highest BCUT2D eigenvalue weighted by Crippen LogP contribution is 2.43. The van der Waals surface area contributed by atoms with Gasteiger partial charge < -0.3 is 10.0 Å². The zero-order valence-electron chi connectivity index (χ0n) is 16.0. The van der Waals surface area contributed by atoms with Gasteiger partial charge in [-0.25, -0.2) is 8.42 Å². The van der Waals surface area contributed by atoms with Crippen LogP contribution in [0.15, 0.2) is 54.6 Å². The summed E-state index contributed by atoms with van der Waals surface area (Å²) in [6.07, 6.45) is 1.12. The molecule has 2 aliphatic rings. The fourth-order valence-electron chi connectivity index (χ4n) is 4.18. The average molecular weight is 410 g/mol. The van der Waals surface area contributed by atoms with Gasteiger partial charge in [0.2, 0.25) is 15.9 Å². The van der Waals surface area contributed by atoms with Crippen molar-refractivity contribution in [2.45, 2.75) is 18.0 Å². The van der Waals surface area contributed by atoms with E-state index < -0.39 is 10.0 Å². The van der Waals surface area contributed by atoms with Crippen molar-refractivity contribution >= 4 is 15.9 Å². The molecule has 0 bridgehead atoms. The Bertz CT molecular complexity index is 1070. The molecule has 0 aliphatic carbocycles. The van der Waals surface area contributed by atoms with Crippen LogP contribution >= 0.6 is 0 Å². The van der Waals surface area contributed by atoms with Crippen LogP contribution in [0.3, 0.4) is 0 Å². The summed E-state index contributed by atoms with van der Waals surface area (Å²) < 4.78 is 25.1. The van der Waals surface area contributed by atoms with E-state index in [0.29, 0.717) is 0 Å². The molecule has 2 aliphatic heterocycles. The Morgan fingerprint density at radius 3 is 2.24 bits per heavy atom. The molecule has 2 heterocycles. The highest BCUT2D eigenvalue weighted by atomic mass is 32.2. The first kappa shape index (κ1) is 19.6. The quantitative estimate of drug-likeness (QED) is 0.767. The molecule has 6 nitrogen and oxygen atoms in total. The van der Waals surface area contributed by atoms with E-state index in [1.807, 2.05) is 54.6 Å². The van der Waals surface area contributed by atoms with E-state index in [0.717, 1.165) is 22.9 Å². The van der Waals surface area contributed by atoms with Gasteiger partial charge in [0, 0.05) is 23.6 Å². The lowest BCUT2D eigenvalue weighted by atomic mass is 9.74. The molecule has 2 aromatic carbocycles. The van der Waals surface area contributed by atoms with Crippen molar-refractivity contribution in [1.82, 2.24) is 9.21 Å². The number of fused-ring (bicyclic) bond motifs is 1. The largest absolute Gasteiger partial charge is 0.394 e. The first-order chi connectivity index (χ1) is 13.9. The zero-order valence-corrected chi connectivity index (χ0v) is 16.8. The second kappa shape index (κ2) is 7.64. The fraction of sp³-hybridized carbons (Fsp3) is 0.318. The summed E-state index contributed by atoms with van der Waals surface area (Å²) in [7, 11) is -3.45. The monoisotopic (exact) mass is 410 g/mol. The lowest BCUT2D eigenvalue weighted by Crippen LogP contribution is -2.73. The maximum atomic E-state index is 12.4. The lowest BCUT2D eigenvalue weighted by molar-refractivity contribution is -0.158. The van der Waals surface area contributed by atoms with E-state index in [4.69, 9.17) is 0 Å². The molecular weight excluding hydrogens is 388 g/mol. The predicted octanol–water partition coefficient (Wildman–Crippen LogP) is 1.02. The van der Waals surface area contributed by atoms with Crippen LogP contribution < -0.4 is 0 Å². The Balaban J connectivity index is 1.56. The standard InChI is InChI=1S/C22H22N2O4S/c1-29(27,28)23-13-19-22(20(15-25)24(19)21(26)14-23)18-11-9-17(10-12-18)8-7-16-5-3-2-4-6-16/h2-6,9-12,19-20,22,25H,13-15H2,1H3/t19-,20+,22+/m0/s1. The van der Waals surface area contributed by atoms with Gasteiger partial charge in [-0.1, -0.05) is 42.2 Å². The van der Waals surface area contributed by atoms with Crippen molar-refractivity contribution in [2.24, 2.45) is 0 Å². The van der Waals surface area contributed by atoms with Crippen LogP contribution in [0.4, 0.5) is 0 Å². The third-order valence-corrected chi connectivity index (χ3v) is 6.83. The Hall–Kier alpha value is -2.66. The normalized spacial score (nSPS) is 24.3. The smallest absolute Gasteiger partial charge is 0.238 e. The maximum Gasteiger partial charge on any atom is 0.238 e. The lowest BCUT2D eigenvalue weighted by Gasteiger charge is -2.58. The van der Waals surface area contributed by atoms with Crippen LogP contribution in [0.2, 0.25) is 0 Å². The Morgan fingerprint density at radius 2 is 1.66 bits per heavy atom. The van der Waals surface area contributed by atoms with Crippen molar-refractivity contribution in [3.63, 3.8) is 0 Å². The third-order valence-electron chi connectivity index (χ3n) is 5.61. The van der Waals surface area contributed by atoms with Gasteiger partial charge in [0.25, 0.3) is 0 Å². The molecule has 2 saturated heterocycles. The number of rotatable bonds is 3. The highest BCUT2D eigenvalue weighted by Gasteiger charge is 2.54. The van der Waals surface area contributed by atoms with Gasteiger partial charge in [-0.05, 0) is 29.8 Å². The van der Waals surface area contributed by atoms with Crippen LogP contribution in [-0.2, 0) is 14.8 Å². The first-order valence-corrected chi connectivity index (χ1v) is 11.3. The second-order valence-electron chi connectivity index (χ2n) is 7.44. The number of hydrogen-bond donors (Lipinski definition) is 1. The number of carbonyl (C=O) groups excluding carboxylic acids is 1. The minimum absolute atomic E-state index is 0.107. The summed E-state index contributed by atoms with van der Waals surface area (Å²) >= 11 is 0. The maximum absolute atomic E-state index is 12.4. The fourth-order valence-corrected chi connectivity index (χ4v) is 4.95. The molecule has 1 N–H and O–H groups in total. The molecule has 2 fully saturated rings. The van der Waals surface area contributed by atoms with Gasteiger partial charge in [0.1, 0.15) is 0 Å². The van der Waals surface area contributed by atoms with E-state index in [-0.39, 0.29) is 43.6 Å². The molecule has 0 radical (unpaired) electrons. The molecular formula is C22H22N2O4S. The van der Waals surface area contributed by atoms with Crippen molar-refractivity contribution in [3.05, 3.63) is 71.3 Å². The van der Waals surface area contributed by atoms with Gasteiger partial charge in [0.15, 0.2) is 0 Å². The van der Waals surface area contributed by atoms with Gasteiger partial charge in [-0.3, -0.25) is 4.79 Å².